The predicted molar refractivity (Wildman–Crippen MR) is 77.7 cm³/mol. The number of sulfonamides is 1. The summed E-state index contributed by atoms with van der Waals surface area (Å²) in [5, 5.41) is 0. The van der Waals surface area contributed by atoms with Crippen LogP contribution in [-0.2, 0) is 26.0 Å². The molecule has 0 unspecified atom stereocenters. The van der Waals surface area contributed by atoms with Crippen molar-refractivity contribution in [1.29, 1.82) is 0 Å². The molecule has 7 nitrogen and oxygen atoms in total. The van der Waals surface area contributed by atoms with Crippen LogP contribution in [0.15, 0.2) is 28.9 Å². The number of imidazole rings is 1. The highest BCUT2D eigenvalue weighted by molar-refractivity contribution is 7.91. The smallest absolute Gasteiger partial charge is 0.324 e. The van der Waals surface area contributed by atoms with Gasteiger partial charge in [0.1, 0.15) is 10.3 Å². The van der Waals surface area contributed by atoms with Crippen molar-refractivity contribution >= 4 is 38.9 Å². The molecule has 2 heterocycles. The molecule has 114 valence electrons. The second-order valence-electron chi connectivity index (χ2n) is 4.04. The van der Waals surface area contributed by atoms with Crippen LogP contribution in [0.5, 0.6) is 0 Å². The minimum absolute atomic E-state index is 0.0333. The van der Waals surface area contributed by atoms with Gasteiger partial charge in [0.2, 0.25) is 0 Å². The second kappa shape index (κ2) is 6.56. The number of methoxy groups -OCH3 is 1. The van der Waals surface area contributed by atoms with Crippen LogP contribution in [0, 0.1) is 0 Å². The van der Waals surface area contributed by atoms with Crippen LogP contribution >= 0.6 is 22.9 Å². The number of esters is 1. The number of carbonyl (C=O) groups is 1. The largest absolute Gasteiger partial charge is 0.468 e. The Bertz CT molecular complexity index is 712. The molecule has 0 saturated heterocycles. The van der Waals surface area contributed by atoms with Gasteiger partial charge in [-0.15, -0.1) is 11.3 Å². The summed E-state index contributed by atoms with van der Waals surface area (Å²) in [5.74, 6) is -0.684. The number of aromatic nitrogens is 2. The number of H-pyrrole nitrogens is 1. The number of ether oxygens (including phenoxy) is 1. The molecule has 0 aliphatic carbocycles. The van der Waals surface area contributed by atoms with Gasteiger partial charge >= 0.3 is 5.97 Å². The molecule has 2 aromatic rings. The fourth-order valence-electron chi connectivity index (χ4n) is 1.62. The molecule has 21 heavy (non-hydrogen) atoms. The van der Waals surface area contributed by atoms with E-state index in [0.717, 1.165) is 11.3 Å². The molecule has 0 radical (unpaired) electrons. The van der Waals surface area contributed by atoms with Gasteiger partial charge in [-0.2, -0.15) is 4.72 Å². The number of hydrogen-bond donors (Lipinski definition) is 2. The van der Waals surface area contributed by atoms with Crippen LogP contribution in [0.2, 0.25) is 4.34 Å². The van der Waals surface area contributed by atoms with Crippen molar-refractivity contribution < 1.29 is 17.9 Å². The highest BCUT2D eigenvalue weighted by atomic mass is 35.5. The van der Waals surface area contributed by atoms with Crippen LogP contribution < -0.4 is 4.72 Å². The summed E-state index contributed by atoms with van der Waals surface area (Å²) in [6.45, 7) is 0. The van der Waals surface area contributed by atoms with E-state index in [1.165, 1.54) is 31.8 Å². The van der Waals surface area contributed by atoms with Gasteiger partial charge in [0.15, 0.2) is 0 Å². The monoisotopic (exact) mass is 349 g/mol. The SMILES string of the molecule is COC(=O)[C@H](Cc1cnc[nH]1)NS(=O)(=O)c1ccc(Cl)s1. The van der Waals surface area contributed by atoms with Gasteiger partial charge < -0.3 is 9.72 Å². The van der Waals surface area contributed by atoms with E-state index in [9.17, 15) is 13.2 Å². The van der Waals surface area contributed by atoms with E-state index in [1.807, 2.05) is 0 Å². The van der Waals surface area contributed by atoms with Crippen molar-refractivity contribution in [1.82, 2.24) is 14.7 Å². The normalized spacial score (nSPS) is 13.0. The zero-order valence-corrected chi connectivity index (χ0v) is 13.3. The summed E-state index contributed by atoms with van der Waals surface area (Å²) < 4.78 is 31.7. The summed E-state index contributed by atoms with van der Waals surface area (Å²) in [6, 6.07) is 1.80. The summed E-state index contributed by atoms with van der Waals surface area (Å²) in [7, 11) is -2.65. The molecule has 0 saturated carbocycles. The molecule has 2 N–H and O–H groups in total. The third kappa shape index (κ3) is 4.03. The van der Waals surface area contributed by atoms with Gasteiger partial charge in [0.05, 0.1) is 17.8 Å². The first kappa shape index (κ1) is 16.0. The predicted octanol–water partition coefficient (Wildman–Crippen LogP) is 1.19. The van der Waals surface area contributed by atoms with Crippen LogP contribution in [0.4, 0.5) is 0 Å². The van der Waals surface area contributed by atoms with Crippen molar-refractivity contribution in [3.63, 3.8) is 0 Å². The molecule has 10 heteroatoms. The average molecular weight is 350 g/mol. The lowest BCUT2D eigenvalue weighted by atomic mass is 10.2. The molecule has 0 amide bonds. The first-order chi connectivity index (χ1) is 9.92. The van der Waals surface area contributed by atoms with Gasteiger partial charge in [-0.3, -0.25) is 4.79 Å². The van der Waals surface area contributed by atoms with E-state index in [2.05, 4.69) is 19.4 Å². The molecule has 2 rings (SSSR count). The quantitative estimate of drug-likeness (QED) is 0.763. The van der Waals surface area contributed by atoms with Crippen molar-refractivity contribution in [2.75, 3.05) is 7.11 Å². The number of rotatable bonds is 6. The summed E-state index contributed by atoms with van der Waals surface area (Å²) in [5.41, 5.74) is 0.609. The Morgan fingerprint density at radius 2 is 2.33 bits per heavy atom. The lowest BCUT2D eigenvalue weighted by molar-refractivity contribution is -0.142. The van der Waals surface area contributed by atoms with E-state index in [1.54, 1.807) is 0 Å². The van der Waals surface area contributed by atoms with E-state index >= 15 is 0 Å². The van der Waals surface area contributed by atoms with Gasteiger partial charge in [-0.25, -0.2) is 13.4 Å². The molecular formula is C11H12ClN3O4S2. The third-order valence-electron chi connectivity index (χ3n) is 2.58. The number of aromatic amines is 1. The minimum Gasteiger partial charge on any atom is -0.468 e. The Morgan fingerprint density at radius 1 is 1.57 bits per heavy atom. The number of thiophene rings is 1. The lowest BCUT2D eigenvalue weighted by Gasteiger charge is -2.15. The van der Waals surface area contributed by atoms with E-state index in [0.29, 0.717) is 10.0 Å². The minimum atomic E-state index is -3.85. The summed E-state index contributed by atoms with van der Waals surface area (Å²) in [6.07, 6.45) is 3.05. The van der Waals surface area contributed by atoms with Crippen LogP contribution in [0.1, 0.15) is 5.69 Å². The first-order valence-electron chi connectivity index (χ1n) is 5.75. The fourth-order valence-corrected chi connectivity index (χ4v) is 4.30. The van der Waals surface area contributed by atoms with Crippen LogP contribution in [0.3, 0.4) is 0 Å². The molecule has 1 atom stereocenters. The van der Waals surface area contributed by atoms with E-state index < -0.39 is 22.0 Å². The molecule has 0 bridgehead atoms. The summed E-state index contributed by atoms with van der Waals surface area (Å²) in [4.78, 5) is 18.4. The number of hydrogen-bond acceptors (Lipinski definition) is 6. The van der Waals surface area contributed by atoms with Gasteiger partial charge in [0, 0.05) is 18.3 Å². The molecule has 0 aliphatic heterocycles. The number of nitrogens with zero attached hydrogens (tertiary/aromatic N) is 1. The van der Waals surface area contributed by atoms with Gasteiger partial charge in [-0.05, 0) is 12.1 Å². The maximum Gasteiger partial charge on any atom is 0.324 e. The Balaban J connectivity index is 2.20. The van der Waals surface area contributed by atoms with Crippen LogP contribution in [0.25, 0.3) is 0 Å². The van der Waals surface area contributed by atoms with Crippen molar-refractivity contribution in [3.8, 4) is 0 Å². The van der Waals surface area contributed by atoms with E-state index in [4.69, 9.17) is 11.6 Å². The van der Waals surface area contributed by atoms with Crippen molar-refractivity contribution in [2.45, 2.75) is 16.7 Å². The molecule has 0 fully saturated rings. The van der Waals surface area contributed by atoms with Crippen molar-refractivity contribution in [3.05, 3.63) is 34.7 Å². The summed E-state index contributed by atoms with van der Waals surface area (Å²) >= 11 is 6.64. The van der Waals surface area contributed by atoms with Gasteiger partial charge in [-0.1, -0.05) is 11.6 Å². The number of nitrogens with one attached hydrogen (secondary N) is 2. The zero-order chi connectivity index (χ0) is 15.5. The van der Waals surface area contributed by atoms with E-state index in [-0.39, 0.29) is 10.6 Å². The van der Waals surface area contributed by atoms with Crippen molar-refractivity contribution in [2.24, 2.45) is 0 Å². The second-order valence-corrected chi connectivity index (χ2v) is 7.69. The Morgan fingerprint density at radius 3 is 2.86 bits per heavy atom. The fraction of sp³-hybridized carbons (Fsp3) is 0.273. The highest BCUT2D eigenvalue weighted by Crippen LogP contribution is 2.25. The van der Waals surface area contributed by atoms with Crippen LogP contribution in [-0.4, -0.2) is 37.5 Å². The maximum atomic E-state index is 12.2. The standard InChI is InChI=1S/C11H12ClN3O4S2/c1-19-11(16)8(4-7-5-13-6-14-7)15-21(17,18)10-3-2-9(12)20-10/h2-3,5-6,8,15H,4H2,1H3,(H,13,14)/t8-/m0/s1. The molecule has 0 aliphatic rings. The lowest BCUT2D eigenvalue weighted by Crippen LogP contribution is -2.42. The Hall–Kier alpha value is -1.42. The third-order valence-corrected chi connectivity index (χ3v) is 5.77. The zero-order valence-electron chi connectivity index (χ0n) is 10.9. The first-order valence-corrected chi connectivity index (χ1v) is 8.43. The maximum absolute atomic E-state index is 12.2. The number of carbonyl (C=O) groups excluding carboxylic acids is 1. The Labute approximate surface area is 130 Å². The van der Waals surface area contributed by atoms with Gasteiger partial charge in [0.25, 0.3) is 10.0 Å². The molecule has 0 spiro atoms. The molecular weight excluding hydrogens is 338 g/mol. The highest BCUT2D eigenvalue weighted by Gasteiger charge is 2.28. The molecule has 0 aromatic carbocycles. The average Bonchev–Trinajstić information content (AvgIpc) is 3.08. The topological polar surface area (TPSA) is 101 Å². The number of halogens is 1. The molecule has 2 aromatic heterocycles. The Kier molecular flexibility index (Phi) is 4.99.